The number of imidazole rings is 1. The number of carbonyl (C=O) groups excluding carboxylic acids is 1. The van der Waals surface area contributed by atoms with E-state index in [0.717, 1.165) is 22.9 Å². The molecule has 0 saturated carbocycles. The van der Waals surface area contributed by atoms with Crippen molar-refractivity contribution in [2.45, 2.75) is 39.0 Å². The fourth-order valence-corrected chi connectivity index (χ4v) is 4.64. The van der Waals surface area contributed by atoms with Crippen LogP contribution in [-0.4, -0.2) is 27.1 Å². The molecule has 0 saturated heterocycles. The van der Waals surface area contributed by atoms with E-state index in [0.29, 0.717) is 41.3 Å². The number of anilines is 1. The van der Waals surface area contributed by atoms with Gasteiger partial charge in [0.05, 0.1) is 35.8 Å². The minimum Gasteiger partial charge on any atom is -0.493 e. The standard InChI is InChI=1S/C26H24F2N4O2/c1-14(2)23-21(31-26(33)20-8-9-34-22-7-5-4-6-19(20)22)13-29-32-24(15(3)30-25(23)32)16-10-17(27)12-18(28)11-16/h4-7,10-14,20H,8-9H2,1-3H3,(H,31,33)/t20-/m1/s1. The van der Waals surface area contributed by atoms with Gasteiger partial charge in [-0.25, -0.2) is 18.3 Å². The number of para-hydroxylation sites is 1. The summed E-state index contributed by atoms with van der Waals surface area (Å²) in [7, 11) is 0. The number of carbonyl (C=O) groups is 1. The van der Waals surface area contributed by atoms with E-state index in [9.17, 15) is 13.6 Å². The van der Waals surface area contributed by atoms with Crippen LogP contribution >= 0.6 is 0 Å². The molecule has 1 atom stereocenters. The number of halogens is 2. The lowest BCUT2D eigenvalue weighted by atomic mass is 9.92. The zero-order valence-corrected chi connectivity index (χ0v) is 19.1. The van der Waals surface area contributed by atoms with Gasteiger partial charge in [-0.3, -0.25) is 4.79 Å². The molecule has 0 aliphatic carbocycles. The van der Waals surface area contributed by atoms with E-state index in [2.05, 4.69) is 15.4 Å². The highest BCUT2D eigenvalue weighted by atomic mass is 19.1. The third-order valence-corrected chi connectivity index (χ3v) is 6.11. The molecule has 5 rings (SSSR count). The van der Waals surface area contributed by atoms with Crippen LogP contribution in [0.3, 0.4) is 0 Å². The Morgan fingerprint density at radius 1 is 1.18 bits per heavy atom. The first-order valence-corrected chi connectivity index (χ1v) is 11.2. The van der Waals surface area contributed by atoms with Gasteiger partial charge in [0, 0.05) is 22.8 Å². The molecular weight excluding hydrogens is 438 g/mol. The average molecular weight is 463 g/mol. The minimum atomic E-state index is -0.672. The number of aryl methyl sites for hydroxylation is 1. The van der Waals surface area contributed by atoms with Crippen molar-refractivity contribution in [3.8, 4) is 17.0 Å². The van der Waals surface area contributed by atoms with Crippen LogP contribution in [0.5, 0.6) is 5.75 Å². The molecule has 34 heavy (non-hydrogen) atoms. The Morgan fingerprint density at radius 2 is 1.91 bits per heavy atom. The highest BCUT2D eigenvalue weighted by Gasteiger charge is 2.29. The predicted octanol–water partition coefficient (Wildman–Crippen LogP) is 5.61. The summed E-state index contributed by atoms with van der Waals surface area (Å²) in [6.07, 6.45) is 2.15. The smallest absolute Gasteiger partial charge is 0.232 e. The summed E-state index contributed by atoms with van der Waals surface area (Å²) in [4.78, 5) is 18.0. The molecule has 1 amide bonds. The summed E-state index contributed by atoms with van der Waals surface area (Å²) in [5.74, 6) is -1.10. The second kappa shape index (κ2) is 8.52. The molecule has 2 aromatic heterocycles. The average Bonchev–Trinajstić information content (AvgIpc) is 3.13. The summed E-state index contributed by atoms with van der Waals surface area (Å²) >= 11 is 0. The topological polar surface area (TPSA) is 68.5 Å². The molecule has 0 fully saturated rings. The first kappa shape index (κ1) is 22.0. The molecule has 0 bridgehead atoms. The van der Waals surface area contributed by atoms with Gasteiger partial charge in [-0.1, -0.05) is 32.0 Å². The first-order valence-electron chi connectivity index (χ1n) is 11.2. The predicted molar refractivity (Wildman–Crippen MR) is 125 cm³/mol. The lowest BCUT2D eigenvalue weighted by molar-refractivity contribution is -0.118. The van der Waals surface area contributed by atoms with Crippen LogP contribution in [0.15, 0.2) is 48.7 Å². The Balaban J connectivity index is 1.57. The normalized spacial score (nSPS) is 15.3. The summed E-state index contributed by atoms with van der Waals surface area (Å²) in [6, 6.07) is 10.9. The monoisotopic (exact) mass is 462 g/mol. The van der Waals surface area contributed by atoms with E-state index in [4.69, 9.17) is 4.74 Å². The molecular formula is C26H24F2N4O2. The molecule has 2 aromatic carbocycles. The van der Waals surface area contributed by atoms with Crippen molar-refractivity contribution in [3.05, 3.63) is 77.1 Å². The van der Waals surface area contributed by atoms with Gasteiger partial charge in [0.15, 0.2) is 5.65 Å². The van der Waals surface area contributed by atoms with Crippen molar-refractivity contribution in [1.29, 1.82) is 0 Å². The molecule has 1 N–H and O–H groups in total. The van der Waals surface area contributed by atoms with Crippen LogP contribution < -0.4 is 10.1 Å². The molecule has 6 nitrogen and oxygen atoms in total. The summed E-state index contributed by atoms with van der Waals surface area (Å²) < 4.78 is 35.1. The zero-order valence-electron chi connectivity index (χ0n) is 19.1. The molecule has 1 aliphatic heterocycles. The van der Waals surface area contributed by atoms with Crippen molar-refractivity contribution in [3.63, 3.8) is 0 Å². The number of rotatable bonds is 4. The SMILES string of the molecule is Cc1nc2c(C(C)C)c(NC(=O)[C@@H]3CCOc4ccccc43)cnn2c1-c1cc(F)cc(F)c1. The highest BCUT2D eigenvalue weighted by Crippen LogP contribution is 2.36. The maximum Gasteiger partial charge on any atom is 0.232 e. The number of hydrogen-bond donors (Lipinski definition) is 1. The largest absolute Gasteiger partial charge is 0.493 e. The number of aromatic nitrogens is 3. The molecule has 4 aromatic rings. The van der Waals surface area contributed by atoms with E-state index in [1.54, 1.807) is 17.6 Å². The van der Waals surface area contributed by atoms with Gasteiger partial charge in [-0.05, 0) is 37.5 Å². The van der Waals surface area contributed by atoms with E-state index in [-0.39, 0.29) is 17.7 Å². The van der Waals surface area contributed by atoms with E-state index in [1.807, 2.05) is 38.1 Å². The summed E-state index contributed by atoms with van der Waals surface area (Å²) in [5, 5.41) is 7.54. The van der Waals surface area contributed by atoms with Crippen molar-refractivity contribution in [2.24, 2.45) is 0 Å². The lowest BCUT2D eigenvalue weighted by Gasteiger charge is -2.25. The number of nitrogens with zero attached hydrogens (tertiary/aromatic N) is 3. The number of benzene rings is 2. The quantitative estimate of drug-likeness (QED) is 0.428. The van der Waals surface area contributed by atoms with E-state index >= 15 is 0 Å². The number of hydrogen-bond acceptors (Lipinski definition) is 4. The Hall–Kier alpha value is -3.81. The minimum absolute atomic E-state index is 0.00155. The Bertz CT molecular complexity index is 1390. The second-order valence-electron chi connectivity index (χ2n) is 8.78. The van der Waals surface area contributed by atoms with Crippen LogP contribution in [-0.2, 0) is 4.79 Å². The number of nitrogens with one attached hydrogen (secondary N) is 1. The van der Waals surface area contributed by atoms with Gasteiger partial charge >= 0.3 is 0 Å². The molecule has 0 radical (unpaired) electrons. The van der Waals surface area contributed by atoms with Gasteiger partial charge in [0.1, 0.15) is 17.4 Å². The van der Waals surface area contributed by atoms with Crippen LogP contribution in [0.2, 0.25) is 0 Å². The van der Waals surface area contributed by atoms with Crippen LogP contribution in [0.4, 0.5) is 14.5 Å². The van der Waals surface area contributed by atoms with Gasteiger partial charge in [-0.15, -0.1) is 0 Å². The molecule has 8 heteroatoms. The third kappa shape index (κ3) is 3.79. The van der Waals surface area contributed by atoms with Crippen LogP contribution in [0.1, 0.15) is 48.9 Å². The summed E-state index contributed by atoms with van der Waals surface area (Å²) in [6.45, 7) is 6.24. The zero-order chi connectivity index (χ0) is 24.0. The summed E-state index contributed by atoms with van der Waals surface area (Å²) in [5.41, 5.74) is 4.21. The first-order chi connectivity index (χ1) is 16.3. The molecule has 174 valence electrons. The maximum atomic E-state index is 13.9. The number of fused-ring (bicyclic) bond motifs is 2. The molecule has 0 unspecified atom stereocenters. The Kier molecular flexibility index (Phi) is 5.51. The fourth-order valence-electron chi connectivity index (χ4n) is 4.64. The van der Waals surface area contributed by atoms with Crippen molar-refractivity contribution >= 4 is 17.2 Å². The van der Waals surface area contributed by atoms with Crippen molar-refractivity contribution < 1.29 is 18.3 Å². The van der Waals surface area contributed by atoms with Gasteiger partial charge in [0.25, 0.3) is 0 Å². The maximum absolute atomic E-state index is 13.9. The Labute approximate surface area is 195 Å². The van der Waals surface area contributed by atoms with Gasteiger partial charge in [-0.2, -0.15) is 5.10 Å². The van der Waals surface area contributed by atoms with Crippen molar-refractivity contribution in [2.75, 3.05) is 11.9 Å². The number of ether oxygens (including phenoxy) is 1. The van der Waals surface area contributed by atoms with E-state index in [1.165, 1.54) is 12.1 Å². The van der Waals surface area contributed by atoms with Crippen LogP contribution in [0, 0.1) is 18.6 Å². The lowest BCUT2D eigenvalue weighted by Crippen LogP contribution is -2.27. The molecule has 0 spiro atoms. The van der Waals surface area contributed by atoms with Crippen molar-refractivity contribution in [1.82, 2.24) is 14.6 Å². The fraction of sp³-hybridized carbons (Fsp3) is 0.269. The molecule has 1 aliphatic rings. The van der Waals surface area contributed by atoms with Gasteiger partial charge < -0.3 is 10.1 Å². The van der Waals surface area contributed by atoms with Crippen LogP contribution in [0.25, 0.3) is 16.9 Å². The second-order valence-corrected chi connectivity index (χ2v) is 8.78. The third-order valence-electron chi connectivity index (χ3n) is 6.11. The van der Waals surface area contributed by atoms with E-state index < -0.39 is 11.6 Å². The highest BCUT2D eigenvalue weighted by molar-refractivity contribution is 5.97. The Morgan fingerprint density at radius 3 is 2.65 bits per heavy atom. The molecule has 3 heterocycles. The van der Waals surface area contributed by atoms with Gasteiger partial charge in [0.2, 0.25) is 5.91 Å². The number of amides is 1.